The lowest BCUT2D eigenvalue weighted by Gasteiger charge is -2.31. The fourth-order valence-electron chi connectivity index (χ4n) is 16.6. The Morgan fingerprint density at radius 3 is 0.634 bits per heavy atom. The van der Waals surface area contributed by atoms with E-state index in [4.69, 9.17) is 57.3 Å². The largest absolute Gasteiger partial charge is 0.481 e. The molecule has 28 amide bonds. The van der Waals surface area contributed by atoms with E-state index in [1.807, 2.05) is 0 Å². The number of carboxylic acid groups (broad SMARTS) is 2. The average molecular weight is 2060 g/mol. The smallest absolute Gasteiger partial charge is 0.326 e. The first-order chi connectivity index (χ1) is 67.6. The van der Waals surface area contributed by atoms with Crippen molar-refractivity contribution in [2.75, 3.05) is 32.7 Å². The van der Waals surface area contributed by atoms with Gasteiger partial charge in [0.25, 0.3) is 0 Å². The first kappa shape index (κ1) is 120. The third kappa shape index (κ3) is 35.9. The van der Waals surface area contributed by atoms with E-state index >= 15 is 0 Å². The van der Waals surface area contributed by atoms with Crippen LogP contribution >= 0.6 is 0 Å². The Labute approximate surface area is 826 Å². The topological polar surface area (TPSA) is 997 Å². The molecule has 802 valence electrons. The maximum absolute atomic E-state index is 14.5. The molecule has 5 aliphatic rings. The summed E-state index contributed by atoms with van der Waals surface area (Å²) in [5, 5.41) is 51.2. The second kappa shape index (κ2) is 54.9. The van der Waals surface area contributed by atoms with Gasteiger partial charge in [0.15, 0.2) is 0 Å². The van der Waals surface area contributed by atoms with Gasteiger partial charge in [0.2, 0.25) is 165 Å². The summed E-state index contributed by atoms with van der Waals surface area (Å²) in [6.07, 6.45) is -9.33. The predicted octanol–water partition coefficient (Wildman–Crippen LogP) is -17.1. The molecule has 5 fully saturated rings. The fourth-order valence-corrected chi connectivity index (χ4v) is 16.6. The Bertz CT molecular complexity index is 5020. The first-order valence-corrected chi connectivity index (χ1v) is 46.2. The molecule has 5 heterocycles. The summed E-state index contributed by atoms with van der Waals surface area (Å²) in [4.78, 5) is 405. The van der Waals surface area contributed by atoms with Gasteiger partial charge in [-0.25, -0.2) is 4.79 Å². The standard InChI is InChI=1S/C84H129N29O32/c1-33(2)63(107-71(131)42(27-57(90)118)101-73(133)48-13-8-18-109(48)79(139)38(85)23-53(86)114)78(138)106-47(32-62(123)124)83(143)113-22-12-17-52(113)76(136)100-41(26-56(89)117)70(130)97-37(7)66(126)104-45(30-60(93)121)81(141)111-20-10-15-50(111)74(134)98-39(24-54(87)115)68(128)95-35(5)65(125)103-44(29-59(92)120)80(140)110-19-9-14-49(110)75(135)99-40(25-55(88)116)69(129)96-36(6)67(127)105-46(31-61(94)122)82(142)112-21-11-16-51(112)77(137)102-43(28-58(91)119)72(132)108-64(34(3)4)84(144)145/h33-52,63-64H,8-32,85H2,1-7H3,(H2,86,114)(H2,87,115)(H2,88,116)(H2,89,117)(H2,90,118)(H2,91,119)(H2,92,120)(H2,93,121)(H2,94,122)(H,95,128)(H,96,129)(H,97,130)(H,98,134)(H,99,135)(H,100,136)(H,101,133)(H,102,137)(H,103,125)(H,104,126)(H,105,127)(H,106,138)(H,107,131)(H,108,132)(H,123,124)(H,144,145)/t35-,36-,37-,38-,39-,40-,41-,42-,43-,44-,45-,46-,47-,48-,49-,50-,51-,52-,63-,64-/m0/s1. The number of amides is 28. The third-order valence-corrected chi connectivity index (χ3v) is 23.9. The van der Waals surface area contributed by atoms with E-state index < -0.39 is 374 Å². The molecule has 20 atom stereocenters. The molecular formula is C84H129N29O32. The number of hydrogen-bond donors (Lipinski definition) is 26. The Morgan fingerprint density at radius 2 is 0.428 bits per heavy atom. The van der Waals surface area contributed by atoms with E-state index in [1.54, 1.807) is 0 Å². The Morgan fingerprint density at radius 1 is 0.234 bits per heavy atom. The van der Waals surface area contributed by atoms with Crippen molar-refractivity contribution < 1.29 is 154 Å². The minimum atomic E-state index is -2.01. The van der Waals surface area contributed by atoms with Crippen LogP contribution < -0.4 is 132 Å². The van der Waals surface area contributed by atoms with E-state index in [-0.39, 0.29) is 96.9 Å². The molecule has 36 N–H and O–H groups in total. The number of nitrogens with zero attached hydrogens (tertiary/aromatic N) is 5. The van der Waals surface area contributed by atoms with E-state index in [2.05, 4.69) is 74.4 Å². The zero-order chi connectivity index (χ0) is 109. The fraction of sp³-hybridized carbons (Fsp3) is 0.643. The molecule has 0 saturated carbocycles. The number of nitrogens with two attached hydrogens (primary N) is 10. The van der Waals surface area contributed by atoms with Crippen LogP contribution in [0.25, 0.3) is 0 Å². The number of carboxylic acids is 2. The summed E-state index contributed by atoms with van der Waals surface area (Å²) < 4.78 is 0. The molecule has 61 heteroatoms. The molecular weight excluding hydrogens is 1930 g/mol. The summed E-state index contributed by atoms with van der Waals surface area (Å²) >= 11 is 0. The molecule has 5 saturated heterocycles. The molecule has 0 spiro atoms. The molecule has 0 bridgehead atoms. The molecule has 0 aromatic carbocycles. The van der Waals surface area contributed by atoms with Gasteiger partial charge in [0, 0.05) is 32.7 Å². The van der Waals surface area contributed by atoms with Crippen molar-refractivity contribution in [3.63, 3.8) is 0 Å². The number of hydrogen-bond acceptors (Lipinski definition) is 31. The first-order valence-electron chi connectivity index (χ1n) is 46.2. The van der Waals surface area contributed by atoms with Gasteiger partial charge >= 0.3 is 11.9 Å². The van der Waals surface area contributed by atoms with Gasteiger partial charge in [-0.2, -0.15) is 0 Å². The molecule has 0 aromatic rings. The molecule has 0 aliphatic carbocycles. The molecule has 61 nitrogen and oxygen atoms in total. The Hall–Kier alpha value is -15.9. The minimum absolute atomic E-state index is 0.00869. The van der Waals surface area contributed by atoms with Crippen LogP contribution in [0.5, 0.6) is 0 Å². The van der Waals surface area contributed by atoms with Crippen molar-refractivity contribution in [1.29, 1.82) is 0 Å². The number of aliphatic carboxylic acids is 2. The van der Waals surface area contributed by atoms with Gasteiger partial charge in [0.1, 0.15) is 115 Å². The van der Waals surface area contributed by atoms with Crippen molar-refractivity contribution in [2.45, 2.75) is 298 Å². The molecule has 0 radical (unpaired) electrons. The third-order valence-electron chi connectivity index (χ3n) is 23.9. The van der Waals surface area contributed by atoms with Gasteiger partial charge in [-0.1, -0.05) is 27.7 Å². The lowest BCUT2D eigenvalue weighted by Crippen LogP contribution is -2.61. The lowest BCUT2D eigenvalue weighted by atomic mass is 10.0. The van der Waals surface area contributed by atoms with Gasteiger partial charge < -0.3 is 166 Å². The Kier molecular flexibility index (Phi) is 45.3. The highest BCUT2D eigenvalue weighted by molar-refractivity contribution is 6.06. The molecule has 0 aromatic heterocycles. The van der Waals surface area contributed by atoms with Crippen LogP contribution in [0.4, 0.5) is 0 Å². The summed E-state index contributed by atoms with van der Waals surface area (Å²) in [6, 6.07) is -34.5. The van der Waals surface area contributed by atoms with Crippen LogP contribution in [0.2, 0.25) is 0 Å². The molecule has 5 rings (SSSR count). The maximum atomic E-state index is 14.5. The number of nitrogens with one attached hydrogen (secondary N) is 14. The summed E-state index contributed by atoms with van der Waals surface area (Å²) in [5.74, 6) is -37.1. The predicted molar refractivity (Wildman–Crippen MR) is 490 cm³/mol. The number of carbonyl (C=O) groups is 30. The highest BCUT2D eigenvalue weighted by Gasteiger charge is 2.49. The number of likely N-dealkylation sites (tertiary alicyclic amines) is 5. The van der Waals surface area contributed by atoms with Gasteiger partial charge in [-0.3, -0.25) is 139 Å². The summed E-state index contributed by atoms with van der Waals surface area (Å²) in [7, 11) is 0. The maximum Gasteiger partial charge on any atom is 0.326 e. The minimum Gasteiger partial charge on any atom is -0.481 e. The molecule has 0 unspecified atom stereocenters. The summed E-state index contributed by atoms with van der Waals surface area (Å²) in [5.41, 5.74) is 54.7. The average Bonchev–Trinajstić information content (AvgIpc) is 1.72. The number of carbonyl (C=O) groups excluding carboxylic acids is 28. The second-order valence-corrected chi connectivity index (χ2v) is 36.2. The molecule has 145 heavy (non-hydrogen) atoms. The highest BCUT2D eigenvalue weighted by atomic mass is 16.4. The van der Waals surface area contributed by atoms with Crippen LogP contribution in [0, 0.1) is 11.8 Å². The van der Waals surface area contributed by atoms with Crippen LogP contribution in [-0.4, -0.2) is 366 Å². The van der Waals surface area contributed by atoms with Crippen LogP contribution in [0.15, 0.2) is 0 Å². The van der Waals surface area contributed by atoms with Gasteiger partial charge in [0.05, 0.1) is 70.3 Å². The van der Waals surface area contributed by atoms with E-state index in [0.29, 0.717) is 0 Å². The van der Waals surface area contributed by atoms with Crippen molar-refractivity contribution in [3.05, 3.63) is 0 Å². The van der Waals surface area contributed by atoms with Crippen molar-refractivity contribution in [1.82, 2.24) is 98.9 Å². The normalized spacial score (nSPS) is 19.5. The Balaban J connectivity index is 1.22. The zero-order valence-electron chi connectivity index (χ0n) is 80.5. The van der Waals surface area contributed by atoms with Crippen molar-refractivity contribution in [2.24, 2.45) is 69.2 Å². The van der Waals surface area contributed by atoms with Crippen molar-refractivity contribution in [3.8, 4) is 0 Å². The van der Waals surface area contributed by atoms with Gasteiger partial charge in [-0.05, 0) is 96.8 Å². The number of rotatable bonds is 56. The number of primary amides is 9. The van der Waals surface area contributed by atoms with E-state index in [0.717, 1.165) is 45.3 Å². The van der Waals surface area contributed by atoms with Crippen molar-refractivity contribution >= 4 is 177 Å². The van der Waals surface area contributed by atoms with Gasteiger partial charge in [-0.15, -0.1) is 0 Å². The van der Waals surface area contributed by atoms with E-state index in [1.165, 1.54) is 27.7 Å². The van der Waals surface area contributed by atoms with Crippen LogP contribution in [0.1, 0.15) is 177 Å². The van der Waals surface area contributed by atoms with E-state index in [9.17, 15) is 154 Å². The van der Waals surface area contributed by atoms with Crippen LogP contribution in [0.3, 0.4) is 0 Å². The highest BCUT2D eigenvalue weighted by Crippen LogP contribution is 2.27. The quantitative estimate of drug-likeness (QED) is 0.0269. The summed E-state index contributed by atoms with van der Waals surface area (Å²) in [6.45, 7) is 7.84. The monoisotopic (exact) mass is 2060 g/mol. The second-order valence-electron chi connectivity index (χ2n) is 36.2. The lowest BCUT2D eigenvalue weighted by molar-refractivity contribution is -0.146. The SMILES string of the molecule is CC(C)[C@H](NC(=O)[C@H](CC(N)=O)NC(=O)[C@@H]1CCCN1C(=O)[C@H](CC(N)=O)NC(=O)[C@H](C)NC(=O)[C@H](CC(N)=O)NC(=O)[C@@H]1CCCN1C(=O)[C@H](CC(N)=O)NC(=O)[C@H](C)NC(=O)[C@H](CC(N)=O)NC(=O)[C@@H]1CCCN1C(=O)[C@H](CC(N)=O)NC(=O)[C@H](C)NC(=O)[C@H](CC(N)=O)NC(=O)[C@@H]1CCCN1C(=O)[C@H](CC(=O)O)NC(=O)[C@@H](NC(=O)[C@H](CC(N)=O)NC(=O)[C@@H]1CCCN1C(=O)[C@@H](N)CC(N)=O)C(C)C)C(=O)O. The van der Waals surface area contributed by atoms with Crippen LogP contribution in [-0.2, 0) is 144 Å². The molecule has 5 aliphatic heterocycles. The zero-order valence-corrected chi connectivity index (χ0v) is 80.5.